The summed E-state index contributed by atoms with van der Waals surface area (Å²) in [4.78, 5) is 0. The quantitative estimate of drug-likeness (QED) is 0.528. The van der Waals surface area contributed by atoms with Crippen LogP contribution >= 0.6 is 0 Å². The van der Waals surface area contributed by atoms with Crippen molar-refractivity contribution >= 4 is 0 Å². The maximum atomic E-state index is 10.1. The Bertz CT molecular complexity index is 458. The summed E-state index contributed by atoms with van der Waals surface area (Å²) >= 11 is 0. The molecule has 0 radical (unpaired) electrons. The average molecular weight is 253 g/mol. The number of hydrogen-bond donors (Lipinski definition) is 3. The van der Waals surface area contributed by atoms with Gasteiger partial charge in [-0.15, -0.1) is 0 Å². The van der Waals surface area contributed by atoms with Gasteiger partial charge in [-0.1, -0.05) is 12.2 Å². The number of nitrogens with zero attached hydrogens (tertiary/aromatic N) is 1. The summed E-state index contributed by atoms with van der Waals surface area (Å²) in [5.41, 5.74) is 1.31. The number of aliphatic hydroxyl groups is 1. The second kappa shape index (κ2) is 4.31. The third-order valence-electron chi connectivity index (χ3n) is 3.30. The molecule has 0 saturated carbocycles. The molecule has 3 heterocycles. The molecule has 6 heteroatoms. The van der Waals surface area contributed by atoms with Crippen LogP contribution in [0.1, 0.15) is 23.3 Å². The molecule has 0 fully saturated rings. The first-order valence-electron chi connectivity index (χ1n) is 5.90. The molecule has 0 spiro atoms. The van der Waals surface area contributed by atoms with Crippen LogP contribution in [0, 0.1) is 0 Å². The van der Waals surface area contributed by atoms with Crippen LogP contribution in [0.25, 0.3) is 0 Å². The summed E-state index contributed by atoms with van der Waals surface area (Å²) in [5, 5.41) is 28.8. The monoisotopic (exact) mass is 253 g/mol. The number of aromatic nitrogens is 1. The lowest BCUT2D eigenvalue weighted by Crippen LogP contribution is -2.08. The van der Waals surface area contributed by atoms with E-state index in [0.29, 0.717) is 24.3 Å². The molecular formula is C12H15NO5. The number of hydrogen-bond acceptors (Lipinski definition) is 5. The van der Waals surface area contributed by atoms with Gasteiger partial charge >= 0.3 is 0 Å². The van der Waals surface area contributed by atoms with Crippen LogP contribution < -0.4 is 0 Å². The van der Waals surface area contributed by atoms with Gasteiger partial charge in [-0.25, -0.2) is 0 Å². The minimum atomic E-state index is -0.254. The number of rotatable bonds is 5. The van der Waals surface area contributed by atoms with Gasteiger partial charge < -0.3 is 24.8 Å². The van der Waals surface area contributed by atoms with Crippen molar-refractivity contribution in [2.24, 2.45) is 0 Å². The lowest BCUT2D eigenvalue weighted by Gasteiger charge is -2.10. The Kier molecular flexibility index (Phi) is 2.77. The highest BCUT2D eigenvalue weighted by Gasteiger charge is 2.41. The van der Waals surface area contributed by atoms with Gasteiger partial charge in [0.2, 0.25) is 11.8 Å². The maximum absolute atomic E-state index is 10.1. The zero-order valence-corrected chi connectivity index (χ0v) is 9.74. The lowest BCUT2D eigenvalue weighted by atomic mass is 10.0. The van der Waals surface area contributed by atoms with E-state index < -0.39 is 0 Å². The molecule has 2 atom stereocenters. The van der Waals surface area contributed by atoms with E-state index in [-0.39, 0.29) is 37.2 Å². The summed E-state index contributed by atoms with van der Waals surface area (Å²) in [6.45, 7) is 0.865. The van der Waals surface area contributed by atoms with Crippen molar-refractivity contribution in [3.63, 3.8) is 0 Å². The predicted molar refractivity (Wildman–Crippen MR) is 61.4 cm³/mol. The summed E-state index contributed by atoms with van der Waals surface area (Å²) in [7, 11) is 0. The minimum Gasteiger partial charge on any atom is -0.494 e. The normalized spacial score (nSPS) is 23.8. The van der Waals surface area contributed by atoms with Crippen LogP contribution in [-0.4, -0.2) is 39.7 Å². The molecule has 3 N–H and O–H groups in total. The van der Waals surface area contributed by atoms with Crippen molar-refractivity contribution in [2.75, 3.05) is 19.8 Å². The van der Waals surface area contributed by atoms with E-state index in [4.69, 9.17) is 14.6 Å². The Morgan fingerprint density at radius 2 is 1.72 bits per heavy atom. The van der Waals surface area contributed by atoms with Gasteiger partial charge in [0, 0.05) is 0 Å². The first-order valence-corrected chi connectivity index (χ1v) is 5.90. The number of aromatic hydroxyl groups is 2. The molecule has 18 heavy (non-hydrogen) atoms. The van der Waals surface area contributed by atoms with Crippen molar-refractivity contribution in [3.05, 3.63) is 23.3 Å². The summed E-state index contributed by atoms with van der Waals surface area (Å²) in [5.74, 6) is 0.0684. The summed E-state index contributed by atoms with van der Waals surface area (Å²) in [6.07, 6.45) is 3.24. The molecule has 1 aromatic rings. The Morgan fingerprint density at radius 1 is 1.11 bits per heavy atom. The fourth-order valence-electron chi connectivity index (χ4n) is 2.51. The smallest absolute Gasteiger partial charge is 0.200 e. The van der Waals surface area contributed by atoms with Crippen LogP contribution in [0.2, 0.25) is 0 Å². The van der Waals surface area contributed by atoms with Crippen molar-refractivity contribution in [2.45, 2.75) is 18.8 Å². The minimum absolute atomic E-state index is 0.0342. The standard InChI is InChI=1S/C12H15NO5/c14-4-6-17-5-3-13-11(15)9-7-1-2-8(18-7)10(9)12(13)16/h1-2,7-8,14-16H,3-6H2. The Balaban J connectivity index is 1.81. The fourth-order valence-corrected chi connectivity index (χ4v) is 2.51. The van der Waals surface area contributed by atoms with E-state index in [9.17, 15) is 10.2 Å². The molecule has 2 unspecified atom stereocenters. The van der Waals surface area contributed by atoms with E-state index in [0.717, 1.165) is 0 Å². The molecule has 0 saturated heterocycles. The fraction of sp³-hybridized carbons (Fsp3) is 0.500. The summed E-state index contributed by atoms with van der Waals surface area (Å²) < 4.78 is 12.1. The first kappa shape index (κ1) is 11.6. The van der Waals surface area contributed by atoms with Gasteiger partial charge in [-0.3, -0.25) is 4.57 Å². The van der Waals surface area contributed by atoms with Crippen molar-refractivity contribution in [1.82, 2.24) is 4.57 Å². The SMILES string of the molecule is OCCOCCn1c(O)c2c(c1O)C1C=CC2O1. The second-order valence-electron chi connectivity index (χ2n) is 4.32. The van der Waals surface area contributed by atoms with Gasteiger partial charge in [0.05, 0.1) is 37.5 Å². The first-order chi connectivity index (χ1) is 8.74. The largest absolute Gasteiger partial charge is 0.494 e. The topological polar surface area (TPSA) is 84.1 Å². The molecule has 2 aliphatic heterocycles. The Morgan fingerprint density at radius 3 is 2.28 bits per heavy atom. The number of aliphatic hydroxyl groups excluding tert-OH is 1. The zero-order valence-electron chi connectivity index (χ0n) is 9.74. The maximum Gasteiger partial charge on any atom is 0.200 e. The molecule has 1 aromatic heterocycles. The van der Waals surface area contributed by atoms with Gasteiger partial charge in [0.15, 0.2) is 0 Å². The second-order valence-corrected chi connectivity index (χ2v) is 4.32. The van der Waals surface area contributed by atoms with Gasteiger partial charge in [-0.05, 0) is 0 Å². The van der Waals surface area contributed by atoms with Crippen LogP contribution in [0.3, 0.4) is 0 Å². The van der Waals surface area contributed by atoms with Gasteiger partial charge in [-0.2, -0.15) is 0 Å². The Hall–Kier alpha value is -1.50. The predicted octanol–water partition coefficient (Wildman–Crippen LogP) is 0.590. The Labute approximate surface area is 104 Å². The van der Waals surface area contributed by atoms with E-state index >= 15 is 0 Å². The van der Waals surface area contributed by atoms with Crippen LogP contribution in [0.15, 0.2) is 12.2 Å². The summed E-state index contributed by atoms with van der Waals surface area (Å²) in [6, 6.07) is 0. The van der Waals surface area contributed by atoms with E-state index in [1.165, 1.54) is 4.57 Å². The third kappa shape index (κ3) is 1.53. The third-order valence-corrected chi connectivity index (χ3v) is 3.30. The molecule has 98 valence electrons. The molecule has 0 aromatic carbocycles. The van der Waals surface area contributed by atoms with Crippen molar-refractivity contribution in [1.29, 1.82) is 0 Å². The molecular weight excluding hydrogens is 238 g/mol. The van der Waals surface area contributed by atoms with Crippen molar-refractivity contribution in [3.8, 4) is 11.8 Å². The van der Waals surface area contributed by atoms with Gasteiger partial charge in [0.1, 0.15) is 12.2 Å². The molecule has 6 nitrogen and oxygen atoms in total. The average Bonchev–Trinajstić information content (AvgIpc) is 3.02. The van der Waals surface area contributed by atoms with E-state index in [1.807, 2.05) is 12.2 Å². The van der Waals surface area contributed by atoms with Gasteiger partial charge in [0.25, 0.3) is 0 Å². The van der Waals surface area contributed by atoms with Crippen LogP contribution in [0.5, 0.6) is 11.8 Å². The van der Waals surface area contributed by atoms with Crippen LogP contribution in [-0.2, 0) is 16.0 Å². The highest BCUT2D eigenvalue weighted by atomic mass is 16.5. The highest BCUT2D eigenvalue weighted by molar-refractivity contribution is 5.55. The van der Waals surface area contributed by atoms with Crippen molar-refractivity contribution < 1.29 is 24.8 Å². The molecule has 0 amide bonds. The van der Waals surface area contributed by atoms with Crippen LogP contribution in [0.4, 0.5) is 0 Å². The molecule has 3 rings (SSSR count). The number of ether oxygens (including phenoxy) is 2. The molecule has 2 bridgehead atoms. The van der Waals surface area contributed by atoms with E-state index in [2.05, 4.69) is 0 Å². The molecule has 0 aliphatic carbocycles. The zero-order chi connectivity index (χ0) is 12.7. The number of fused-ring (bicyclic) bond motifs is 5. The lowest BCUT2D eigenvalue weighted by molar-refractivity contribution is 0.0777. The highest BCUT2D eigenvalue weighted by Crippen LogP contribution is 2.54. The molecule has 2 aliphatic rings. The van der Waals surface area contributed by atoms with E-state index in [1.54, 1.807) is 0 Å².